The molecule has 0 aliphatic rings. The molecule has 88 valence electrons. The summed E-state index contributed by atoms with van der Waals surface area (Å²) in [4.78, 5) is 25.9. The van der Waals surface area contributed by atoms with E-state index in [4.69, 9.17) is 14.7 Å². The van der Waals surface area contributed by atoms with Crippen molar-refractivity contribution < 1.29 is 24.3 Å². The number of carbonyl (C=O) groups is 2. The summed E-state index contributed by atoms with van der Waals surface area (Å²) in [5.41, 5.74) is -0.465. The van der Waals surface area contributed by atoms with Crippen LogP contribution in [0.15, 0.2) is 0 Å². The van der Waals surface area contributed by atoms with Gasteiger partial charge in [-0.05, 0) is 20.8 Å². The van der Waals surface area contributed by atoms with Gasteiger partial charge in [0, 0.05) is 0 Å². The molecule has 0 aliphatic carbocycles. The first-order valence-corrected chi connectivity index (χ1v) is 4.56. The van der Waals surface area contributed by atoms with Crippen LogP contribution in [0, 0.1) is 0 Å². The van der Waals surface area contributed by atoms with Crippen LogP contribution in [-0.4, -0.2) is 47.9 Å². The van der Waals surface area contributed by atoms with E-state index in [1.165, 1.54) is 0 Å². The summed E-state index contributed by atoms with van der Waals surface area (Å²) in [7, 11) is 0. The number of carbonyl (C=O) groups excluding carboxylic acids is 1. The number of aliphatic carboxylic acids is 1. The highest BCUT2D eigenvalue weighted by Crippen LogP contribution is 2.08. The second kappa shape index (κ2) is 6.36. The van der Waals surface area contributed by atoms with Gasteiger partial charge in [-0.25, -0.2) is 9.86 Å². The van der Waals surface area contributed by atoms with Crippen molar-refractivity contribution in [3.63, 3.8) is 0 Å². The number of carboxylic acids is 1. The molecule has 0 spiro atoms. The molecule has 6 nitrogen and oxygen atoms in total. The first kappa shape index (κ1) is 13.9. The van der Waals surface area contributed by atoms with Crippen LogP contribution in [0.1, 0.15) is 20.8 Å². The minimum atomic E-state index is -1.04. The van der Waals surface area contributed by atoms with E-state index in [9.17, 15) is 9.59 Å². The third kappa shape index (κ3) is 9.17. The Morgan fingerprint density at radius 3 is 2.47 bits per heavy atom. The van der Waals surface area contributed by atoms with Gasteiger partial charge in [0.05, 0.1) is 18.8 Å². The zero-order valence-electron chi connectivity index (χ0n) is 9.23. The van der Waals surface area contributed by atoms with E-state index >= 15 is 0 Å². The molecule has 0 saturated heterocycles. The number of rotatable bonds is 7. The van der Waals surface area contributed by atoms with E-state index in [2.05, 4.69) is 0 Å². The number of nitrogens with zero attached hydrogens (tertiary/aromatic N) is 1. The molecule has 0 aromatic heterocycles. The van der Waals surface area contributed by atoms with Gasteiger partial charge >= 0.3 is 5.97 Å². The van der Waals surface area contributed by atoms with Crippen LogP contribution in [0.2, 0.25) is 0 Å². The van der Waals surface area contributed by atoms with E-state index in [0.717, 1.165) is 5.06 Å². The molecule has 0 aromatic carbocycles. The van der Waals surface area contributed by atoms with E-state index < -0.39 is 11.6 Å². The molecule has 0 aromatic rings. The molecule has 1 amide bonds. The monoisotopic (exact) mass is 219 g/mol. The summed E-state index contributed by atoms with van der Waals surface area (Å²) in [5, 5.41) is 9.37. The van der Waals surface area contributed by atoms with E-state index in [0.29, 0.717) is 6.41 Å². The van der Waals surface area contributed by atoms with Crippen LogP contribution in [0.25, 0.3) is 0 Å². The molecular formula is C9H17NO5. The fourth-order valence-corrected chi connectivity index (χ4v) is 0.786. The highest BCUT2D eigenvalue weighted by atomic mass is 16.7. The fourth-order valence-electron chi connectivity index (χ4n) is 0.786. The summed E-state index contributed by atoms with van der Waals surface area (Å²) in [6, 6.07) is 0. The predicted molar refractivity (Wildman–Crippen MR) is 52.1 cm³/mol. The molecule has 15 heavy (non-hydrogen) atoms. The molecule has 0 bridgehead atoms. The standard InChI is InChI=1S/C9H17NO5/c1-9(2,3)15-10(7-11)4-5-14-6-8(12)13/h7H,4-6H2,1-3H3,(H,12,13). The van der Waals surface area contributed by atoms with Crippen molar-refractivity contribution in [2.75, 3.05) is 19.8 Å². The largest absolute Gasteiger partial charge is 0.480 e. The molecule has 0 heterocycles. The van der Waals surface area contributed by atoms with Crippen LogP contribution in [0.5, 0.6) is 0 Å². The average Bonchev–Trinajstić information content (AvgIpc) is 2.08. The Morgan fingerprint density at radius 1 is 1.47 bits per heavy atom. The minimum absolute atomic E-state index is 0.126. The summed E-state index contributed by atoms with van der Waals surface area (Å²) in [6.07, 6.45) is 0.537. The normalized spacial score (nSPS) is 11.1. The van der Waals surface area contributed by atoms with Gasteiger partial charge in [0.1, 0.15) is 6.61 Å². The highest BCUT2D eigenvalue weighted by molar-refractivity contribution is 5.67. The molecule has 0 saturated carbocycles. The van der Waals surface area contributed by atoms with E-state index in [-0.39, 0.29) is 19.8 Å². The molecule has 0 unspecified atom stereocenters. The maximum atomic E-state index is 10.5. The Kier molecular flexibility index (Phi) is 5.88. The minimum Gasteiger partial charge on any atom is -0.480 e. The van der Waals surface area contributed by atoms with Gasteiger partial charge in [-0.1, -0.05) is 0 Å². The van der Waals surface area contributed by atoms with Gasteiger partial charge in [-0.15, -0.1) is 0 Å². The zero-order chi connectivity index (χ0) is 11.9. The Morgan fingerprint density at radius 2 is 2.07 bits per heavy atom. The van der Waals surface area contributed by atoms with Crippen LogP contribution in [-0.2, 0) is 19.2 Å². The number of hydrogen-bond donors (Lipinski definition) is 1. The fraction of sp³-hybridized carbons (Fsp3) is 0.778. The topological polar surface area (TPSA) is 76.1 Å². The van der Waals surface area contributed by atoms with Gasteiger partial charge < -0.3 is 9.84 Å². The van der Waals surface area contributed by atoms with Crippen LogP contribution < -0.4 is 0 Å². The molecule has 6 heteroatoms. The lowest BCUT2D eigenvalue weighted by atomic mass is 10.2. The van der Waals surface area contributed by atoms with Crippen LogP contribution >= 0.6 is 0 Å². The first-order chi connectivity index (χ1) is 6.85. The van der Waals surface area contributed by atoms with Crippen molar-refractivity contribution in [2.24, 2.45) is 0 Å². The van der Waals surface area contributed by atoms with Crippen molar-refractivity contribution in [1.82, 2.24) is 5.06 Å². The Hall–Kier alpha value is -1.14. The van der Waals surface area contributed by atoms with E-state index in [1.807, 2.05) is 20.8 Å². The van der Waals surface area contributed by atoms with Crippen molar-refractivity contribution in [2.45, 2.75) is 26.4 Å². The summed E-state index contributed by atoms with van der Waals surface area (Å²) < 4.78 is 4.76. The number of hydroxylamine groups is 2. The van der Waals surface area contributed by atoms with Crippen molar-refractivity contribution in [3.05, 3.63) is 0 Å². The number of ether oxygens (including phenoxy) is 1. The highest BCUT2D eigenvalue weighted by Gasteiger charge is 2.15. The average molecular weight is 219 g/mol. The molecule has 0 atom stereocenters. The van der Waals surface area contributed by atoms with Gasteiger partial charge in [0.15, 0.2) is 0 Å². The second-order valence-corrected chi connectivity index (χ2v) is 3.90. The lowest BCUT2D eigenvalue weighted by Gasteiger charge is -2.26. The van der Waals surface area contributed by atoms with Crippen molar-refractivity contribution in [3.8, 4) is 0 Å². The number of carboxylic acid groups (broad SMARTS) is 1. The predicted octanol–water partition coefficient (Wildman–Crippen LogP) is 0.276. The number of amides is 1. The first-order valence-electron chi connectivity index (χ1n) is 4.56. The maximum absolute atomic E-state index is 10.5. The Bertz CT molecular complexity index is 211. The third-order valence-corrected chi connectivity index (χ3v) is 1.19. The molecule has 0 aliphatic heterocycles. The Balaban J connectivity index is 3.71. The maximum Gasteiger partial charge on any atom is 0.329 e. The zero-order valence-corrected chi connectivity index (χ0v) is 9.23. The summed E-state index contributed by atoms with van der Waals surface area (Å²) in [5.74, 6) is -1.04. The third-order valence-electron chi connectivity index (χ3n) is 1.19. The van der Waals surface area contributed by atoms with Crippen LogP contribution in [0.3, 0.4) is 0 Å². The van der Waals surface area contributed by atoms with Gasteiger partial charge in [0.2, 0.25) is 6.41 Å². The lowest BCUT2D eigenvalue weighted by Crippen LogP contribution is -2.35. The molecule has 0 fully saturated rings. The summed E-state index contributed by atoms with van der Waals surface area (Å²) >= 11 is 0. The van der Waals surface area contributed by atoms with Crippen molar-refractivity contribution >= 4 is 12.4 Å². The second-order valence-electron chi connectivity index (χ2n) is 3.90. The number of hydrogen-bond acceptors (Lipinski definition) is 4. The van der Waals surface area contributed by atoms with Crippen molar-refractivity contribution in [1.29, 1.82) is 0 Å². The van der Waals surface area contributed by atoms with Gasteiger partial charge in [-0.3, -0.25) is 9.63 Å². The SMILES string of the molecule is CC(C)(C)ON(C=O)CCOCC(=O)O. The van der Waals surface area contributed by atoms with Gasteiger partial charge in [-0.2, -0.15) is 0 Å². The quantitative estimate of drug-likeness (QED) is 0.378. The molecule has 0 rings (SSSR count). The smallest absolute Gasteiger partial charge is 0.329 e. The van der Waals surface area contributed by atoms with E-state index in [1.54, 1.807) is 0 Å². The molecule has 1 N–H and O–H groups in total. The van der Waals surface area contributed by atoms with Gasteiger partial charge in [0.25, 0.3) is 0 Å². The van der Waals surface area contributed by atoms with Crippen LogP contribution in [0.4, 0.5) is 0 Å². The molecule has 0 radical (unpaired) electrons. The summed E-state index contributed by atoms with van der Waals surface area (Å²) in [6.45, 7) is 5.38. The Labute approximate surface area is 88.7 Å². The molecular weight excluding hydrogens is 202 g/mol. The lowest BCUT2D eigenvalue weighted by molar-refractivity contribution is -0.219.